The minimum Gasteiger partial charge on any atom is -0.396 e. The zero-order valence-corrected chi connectivity index (χ0v) is 10.2. The van der Waals surface area contributed by atoms with E-state index in [1.807, 2.05) is 6.07 Å². The van der Waals surface area contributed by atoms with Crippen molar-refractivity contribution in [1.82, 2.24) is 4.90 Å². The number of nitrogens with zero attached hydrogens (tertiary/aromatic N) is 1. The van der Waals surface area contributed by atoms with Gasteiger partial charge in [-0.3, -0.25) is 4.90 Å². The van der Waals surface area contributed by atoms with E-state index in [1.165, 1.54) is 5.56 Å². The molecule has 2 rings (SSSR count). The van der Waals surface area contributed by atoms with E-state index in [0.29, 0.717) is 10.7 Å². The Morgan fingerprint density at radius 2 is 2.00 bits per heavy atom. The summed E-state index contributed by atoms with van der Waals surface area (Å²) < 4.78 is 0. The molecule has 1 saturated heterocycles. The molecule has 1 aliphatic rings. The van der Waals surface area contributed by atoms with Gasteiger partial charge >= 0.3 is 0 Å². The van der Waals surface area contributed by atoms with Crippen LogP contribution in [-0.2, 0) is 6.54 Å². The van der Waals surface area contributed by atoms with Crippen molar-refractivity contribution in [2.45, 2.75) is 11.4 Å². The molecule has 15 heavy (non-hydrogen) atoms. The summed E-state index contributed by atoms with van der Waals surface area (Å²) in [5.74, 6) is 0.383. The maximum Gasteiger partial charge on any atom is 0.0482 e. The van der Waals surface area contributed by atoms with Gasteiger partial charge in [-0.15, -0.1) is 0 Å². The molecule has 2 unspecified atom stereocenters. The molecule has 1 aromatic rings. The largest absolute Gasteiger partial charge is 0.396 e. The summed E-state index contributed by atoms with van der Waals surface area (Å²) in [7, 11) is 0. The first-order valence-corrected chi connectivity index (χ1v) is 6.22. The number of aliphatic hydroxyl groups excluding tert-OH is 1. The normalized spacial score (nSPS) is 27.1. The van der Waals surface area contributed by atoms with E-state index in [1.54, 1.807) is 0 Å². The fourth-order valence-electron chi connectivity index (χ4n) is 2.06. The van der Waals surface area contributed by atoms with Crippen LogP contribution in [0.25, 0.3) is 0 Å². The van der Waals surface area contributed by atoms with Crippen molar-refractivity contribution < 1.29 is 5.11 Å². The van der Waals surface area contributed by atoms with E-state index in [9.17, 15) is 0 Å². The Kier molecular flexibility index (Phi) is 3.78. The minimum atomic E-state index is 0.279. The molecule has 0 spiro atoms. The molecule has 1 fully saturated rings. The molecule has 0 bridgehead atoms. The van der Waals surface area contributed by atoms with Gasteiger partial charge in [0.15, 0.2) is 0 Å². The first kappa shape index (κ1) is 11.1. The van der Waals surface area contributed by atoms with Gasteiger partial charge in [-0.2, -0.15) is 0 Å². The summed E-state index contributed by atoms with van der Waals surface area (Å²) in [6.07, 6.45) is 0. The van der Waals surface area contributed by atoms with Gasteiger partial charge in [0.1, 0.15) is 0 Å². The topological polar surface area (TPSA) is 23.5 Å². The van der Waals surface area contributed by atoms with Crippen LogP contribution in [0.2, 0.25) is 0 Å². The number of alkyl halides is 1. The van der Waals surface area contributed by atoms with Gasteiger partial charge in [0.25, 0.3) is 0 Å². The molecular formula is C12H16BrNO. The third kappa shape index (κ3) is 2.80. The second-order valence-electron chi connectivity index (χ2n) is 4.14. The summed E-state index contributed by atoms with van der Waals surface area (Å²) in [5, 5.41) is 9.16. The first-order valence-electron chi connectivity index (χ1n) is 5.31. The molecule has 1 aromatic carbocycles. The number of aliphatic hydroxyl groups is 1. The highest BCUT2D eigenvalue weighted by Gasteiger charge is 2.29. The molecule has 0 aromatic heterocycles. The Labute approximate surface area is 99.0 Å². The number of hydrogen-bond donors (Lipinski definition) is 1. The quantitative estimate of drug-likeness (QED) is 0.848. The van der Waals surface area contributed by atoms with Gasteiger partial charge in [-0.25, -0.2) is 0 Å². The number of halogens is 1. The predicted octanol–water partition coefficient (Wildman–Crippen LogP) is 1.87. The Morgan fingerprint density at radius 1 is 1.27 bits per heavy atom. The second-order valence-corrected chi connectivity index (χ2v) is 5.31. The molecule has 0 radical (unpaired) electrons. The highest BCUT2D eigenvalue weighted by atomic mass is 79.9. The van der Waals surface area contributed by atoms with E-state index in [4.69, 9.17) is 5.11 Å². The van der Waals surface area contributed by atoms with Crippen LogP contribution in [0, 0.1) is 5.92 Å². The summed E-state index contributed by atoms with van der Waals surface area (Å²) in [5.41, 5.74) is 1.34. The average molecular weight is 270 g/mol. The van der Waals surface area contributed by atoms with Crippen LogP contribution in [0.1, 0.15) is 5.56 Å². The van der Waals surface area contributed by atoms with Gasteiger partial charge in [0, 0.05) is 37.0 Å². The van der Waals surface area contributed by atoms with Crippen LogP contribution in [0.15, 0.2) is 30.3 Å². The molecule has 2 atom stereocenters. The fraction of sp³-hybridized carbons (Fsp3) is 0.500. The van der Waals surface area contributed by atoms with Crippen molar-refractivity contribution in [3.63, 3.8) is 0 Å². The van der Waals surface area contributed by atoms with Crippen LogP contribution in [0.4, 0.5) is 0 Å². The van der Waals surface area contributed by atoms with E-state index in [0.717, 1.165) is 19.6 Å². The van der Waals surface area contributed by atoms with E-state index in [-0.39, 0.29) is 6.61 Å². The lowest BCUT2D eigenvalue weighted by molar-refractivity contribution is 0.222. The molecule has 0 amide bonds. The highest BCUT2D eigenvalue weighted by Crippen LogP contribution is 2.24. The molecule has 0 aliphatic carbocycles. The summed E-state index contributed by atoms with van der Waals surface area (Å²) >= 11 is 3.62. The molecule has 1 heterocycles. The smallest absolute Gasteiger partial charge is 0.0482 e. The third-order valence-corrected chi connectivity index (χ3v) is 3.96. The number of benzene rings is 1. The Bertz CT molecular complexity index is 304. The Morgan fingerprint density at radius 3 is 2.60 bits per heavy atom. The Hall–Kier alpha value is -0.380. The Balaban J connectivity index is 1.92. The second kappa shape index (κ2) is 5.10. The molecule has 1 N–H and O–H groups in total. The molecule has 2 nitrogen and oxygen atoms in total. The fourth-order valence-corrected chi connectivity index (χ4v) is 2.80. The van der Waals surface area contributed by atoms with Crippen LogP contribution in [-0.4, -0.2) is 34.5 Å². The number of likely N-dealkylation sites (tertiary alicyclic amines) is 1. The van der Waals surface area contributed by atoms with Gasteiger partial charge < -0.3 is 5.11 Å². The molecule has 1 aliphatic heterocycles. The molecular weight excluding hydrogens is 254 g/mol. The van der Waals surface area contributed by atoms with Crippen molar-refractivity contribution in [3.8, 4) is 0 Å². The number of hydrogen-bond acceptors (Lipinski definition) is 2. The van der Waals surface area contributed by atoms with Crippen molar-refractivity contribution in [1.29, 1.82) is 0 Å². The third-order valence-electron chi connectivity index (χ3n) is 2.92. The lowest BCUT2D eigenvalue weighted by Gasteiger charge is -2.15. The molecule has 3 heteroatoms. The van der Waals surface area contributed by atoms with E-state index >= 15 is 0 Å². The number of rotatable bonds is 3. The van der Waals surface area contributed by atoms with Gasteiger partial charge in [0.2, 0.25) is 0 Å². The lowest BCUT2D eigenvalue weighted by atomic mass is 10.1. The average Bonchev–Trinajstić information content (AvgIpc) is 2.60. The summed E-state index contributed by atoms with van der Waals surface area (Å²) in [4.78, 5) is 2.82. The molecule has 82 valence electrons. The minimum absolute atomic E-state index is 0.279. The van der Waals surface area contributed by atoms with Crippen molar-refractivity contribution >= 4 is 15.9 Å². The SMILES string of the molecule is OCC1CN(Cc2ccccc2)CC1Br. The summed E-state index contributed by atoms with van der Waals surface area (Å²) in [6.45, 7) is 3.28. The maximum atomic E-state index is 9.16. The maximum absolute atomic E-state index is 9.16. The standard InChI is InChI=1S/C12H16BrNO/c13-12-8-14(7-11(12)9-15)6-10-4-2-1-3-5-10/h1-5,11-12,15H,6-9H2. The zero-order chi connectivity index (χ0) is 10.7. The van der Waals surface area contributed by atoms with Crippen molar-refractivity contribution in [2.75, 3.05) is 19.7 Å². The lowest BCUT2D eigenvalue weighted by Crippen LogP contribution is -2.20. The van der Waals surface area contributed by atoms with Crippen LogP contribution >= 0.6 is 15.9 Å². The molecule has 0 saturated carbocycles. The van der Waals surface area contributed by atoms with Crippen LogP contribution in [0.5, 0.6) is 0 Å². The highest BCUT2D eigenvalue weighted by molar-refractivity contribution is 9.09. The monoisotopic (exact) mass is 269 g/mol. The zero-order valence-electron chi connectivity index (χ0n) is 8.64. The predicted molar refractivity (Wildman–Crippen MR) is 65.0 cm³/mol. The van der Waals surface area contributed by atoms with Crippen molar-refractivity contribution in [3.05, 3.63) is 35.9 Å². The van der Waals surface area contributed by atoms with Gasteiger partial charge in [-0.05, 0) is 5.56 Å². The van der Waals surface area contributed by atoms with E-state index in [2.05, 4.69) is 45.1 Å². The van der Waals surface area contributed by atoms with Gasteiger partial charge in [0.05, 0.1) is 0 Å². The summed E-state index contributed by atoms with van der Waals surface area (Å²) in [6, 6.07) is 10.5. The van der Waals surface area contributed by atoms with Crippen LogP contribution in [0.3, 0.4) is 0 Å². The first-order chi connectivity index (χ1) is 7.29. The van der Waals surface area contributed by atoms with Crippen molar-refractivity contribution in [2.24, 2.45) is 5.92 Å². The van der Waals surface area contributed by atoms with E-state index < -0.39 is 0 Å². The van der Waals surface area contributed by atoms with Gasteiger partial charge in [-0.1, -0.05) is 46.3 Å². The van der Waals surface area contributed by atoms with Crippen LogP contribution < -0.4 is 0 Å².